The molecule has 1 fully saturated rings. The van der Waals surface area contributed by atoms with Crippen molar-refractivity contribution in [2.24, 2.45) is 0 Å². The minimum absolute atomic E-state index is 0.0398. The van der Waals surface area contributed by atoms with Gasteiger partial charge in [-0.25, -0.2) is 4.79 Å². The number of rotatable bonds is 8. The van der Waals surface area contributed by atoms with Crippen LogP contribution in [0.2, 0.25) is 0 Å². The maximum absolute atomic E-state index is 13.3. The molecule has 0 bridgehead atoms. The lowest BCUT2D eigenvalue weighted by atomic mass is 10.0. The van der Waals surface area contributed by atoms with E-state index in [0.29, 0.717) is 17.0 Å². The Bertz CT molecular complexity index is 1620. The summed E-state index contributed by atoms with van der Waals surface area (Å²) in [6.07, 6.45) is -8.72. The standard InChI is InChI=1S/C27H18F6N2O5S3/c1-40-20-10-17(2-3-19(20)24(38)39)34-22(36)4-5-35-23(37)21(43-25(35)41)11-18-8-14(12-42-18)13-6-15(26(28,29)30)9-16(7-13)27(31,32)33/h2-3,6-12H,4-5H2,1H3,(H,34,36)(H,38,39). The van der Waals surface area contributed by atoms with Gasteiger partial charge in [0.1, 0.15) is 15.6 Å². The Labute approximate surface area is 253 Å². The van der Waals surface area contributed by atoms with Crippen LogP contribution in [0.15, 0.2) is 52.7 Å². The molecule has 0 atom stereocenters. The van der Waals surface area contributed by atoms with Gasteiger partial charge in [-0.15, -0.1) is 11.3 Å². The zero-order valence-corrected chi connectivity index (χ0v) is 24.1. The molecule has 7 nitrogen and oxygen atoms in total. The van der Waals surface area contributed by atoms with E-state index in [1.165, 1.54) is 47.7 Å². The number of hydrogen-bond acceptors (Lipinski definition) is 7. The summed E-state index contributed by atoms with van der Waals surface area (Å²) in [6.45, 7) is -0.0850. The second kappa shape index (κ2) is 12.4. The number of thiophene rings is 1. The molecule has 0 saturated carbocycles. The molecule has 43 heavy (non-hydrogen) atoms. The summed E-state index contributed by atoms with van der Waals surface area (Å²) in [5.41, 5.74) is -2.88. The smallest absolute Gasteiger partial charge is 0.416 e. The van der Waals surface area contributed by atoms with Crippen LogP contribution in [-0.2, 0) is 21.9 Å². The monoisotopic (exact) mass is 660 g/mol. The highest BCUT2D eigenvalue weighted by molar-refractivity contribution is 8.26. The van der Waals surface area contributed by atoms with Gasteiger partial charge in [-0.1, -0.05) is 24.0 Å². The number of alkyl halides is 6. The molecule has 0 radical (unpaired) electrons. The van der Waals surface area contributed by atoms with Gasteiger partial charge in [0.2, 0.25) is 5.91 Å². The number of benzene rings is 2. The number of carbonyl (C=O) groups excluding carboxylic acids is 2. The Morgan fingerprint density at radius 3 is 2.26 bits per heavy atom. The number of nitrogens with zero attached hydrogens (tertiary/aromatic N) is 1. The summed E-state index contributed by atoms with van der Waals surface area (Å²) in [7, 11) is 1.28. The molecule has 4 rings (SSSR count). The van der Waals surface area contributed by atoms with Crippen molar-refractivity contribution in [3.8, 4) is 16.9 Å². The highest BCUT2D eigenvalue weighted by atomic mass is 32.2. The number of carboxylic acid groups (broad SMARTS) is 1. The first-order chi connectivity index (χ1) is 20.1. The molecule has 1 aliphatic heterocycles. The number of halogens is 6. The minimum atomic E-state index is -4.99. The van der Waals surface area contributed by atoms with Gasteiger partial charge in [0.25, 0.3) is 5.91 Å². The van der Waals surface area contributed by atoms with E-state index in [1.807, 2.05) is 0 Å². The number of carbonyl (C=O) groups is 3. The molecule has 226 valence electrons. The van der Waals surface area contributed by atoms with Crippen molar-refractivity contribution in [2.45, 2.75) is 18.8 Å². The lowest BCUT2D eigenvalue weighted by Gasteiger charge is -2.14. The van der Waals surface area contributed by atoms with Crippen LogP contribution >= 0.6 is 35.3 Å². The Balaban J connectivity index is 1.45. The van der Waals surface area contributed by atoms with E-state index >= 15 is 0 Å². The van der Waals surface area contributed by atoms with Crippen LogP contribution in [-0.4, -0.2) is 45.8 Å². The van der Waals surface area contributed by atoms with Gasteiger partial charge in [0.05, 0.1) is 23.1 Å². The maximum atomic E-state index is 13.3. The van der Waals surface area contributed by atoms with Gasteiger partial charge < -0.3 is 15.2 Å². The number of aromatic carboxylic acids is 1. The molecule has 2 amide bonds. The Hall–Kier alpha value is -3.89. The van der Waals surface area contributed by atoms with Crippen LogP contribution in [0.4, 0.5) is 32.0 Å². The molecule has 1 aliphatic rings. The molecule has 16 heteroatoms. The van der Waals surface area contributed by atoms with E-state index in [9.17, 15) is 40.7 Å². The average Bonchev–Trinajstić information content (AvgIpc) is 3.49. The number of anilines is 1. The number of carboxylic acids is 1. The molecule has 2 heterocycles. The van der Waals surface area contributed by atoms with Gasteiger partial charge >= 0.3 is 18.3 Å². The van der Waals surface area contributed by atoms with Gasteiger partial charge in [0.15, 0.2) is 0 Å². The fourth-order valence-electron chi connectivity index (χ4n) is 3.91. The number of thioether (sulfide) groups is 1. The second-order valence-electron chi connectivity index (χ2n) is 8.88. The fraction of sp³-hybridized carbons (Fsp3) is 0.185. The number of nitrogens with one attached hydrogen (secondary N) is 1. The summed E-state index contributed by atoms with van der Waals surface area (Å²) in [5, 5.41) is 13.1. The van der Waals surface area contributed by atoms with E-state index < -0.39 is 41.3 Å². The third kappa shape index (κ3) is 7.55. The molecule has 2 N–H and O–H groups in total. The van der Waals surface area contributed by atoms with E-state index in [1.54, 1.807) is 0 Å². The first-order valence-electron chi connectivity index (χ1n) is 11.9. The van der Waals surface area contributed by atoms with E-state index in [2.05, 4.69) is 5.32 Å². The topological polar surface area (TPSA) is 95.9 Å². The normalized spacial score (nSPS) is 14.9. The number of hydrogen-bond donors (Lipinski definition) is 2. The predicted molar refractivity (Wildman–Crippen MR) is 153 cm³/mol. The van der Waals surface area contributed by atoms with Crippen molar-refractivity contribution < 1.29 is 50.6 Å². The van der Waals surface area contributed by atoms with Crippen molar-refractivity contribution in [3.05, 3.63) is 74.3 Å². The molecule has 3 aromatic rings. The van der Waals surface area contributed by atoms with Crippen molar-refractivity contribution >= 4 is 69.2 Å². The maximum Gasteiger partial charge on any atom is 0.416 e. The Morgan fingerprint density at radius 2 is 1.67 bits per heavy atom. The SMILES string of the molecule is COc1cc(NC(=O)CCN2C(=O)C(=Cc3cc(-c4cc(C(F)(F)F)cc(C(F)(F)F)c4)cs3)SC2=S)ccc1C(=O)O. The fourth-order valence-corrected chi connectivity index (χ4v) is 6.13. The van der Waals surface area contributed by atoms with E-state index in [4.69, 9.17) is 22.1 Å². The van der Waals surface area contributed by atoms with Crippen LogP contribution < -0.4 is 10.1 Å². The molecule has 0 aliphatic carbocycles. The van der Waals surface area contributed by atoms with Crippen molar-refractivity contribution in [1.29, 1.82) is 0 Å². The van der Waals surface area contributed by atoms with Gasteiger partial charge in [-0.05, 0) is 59.0 Å². The number of ether oxygens (including phenoxy) is 1. The molecule has 1 saturated heterocycles. The van der Waals surface area contributed by atoms with Crippen LogP contribution in [0, 0.1) is 0 Å². The first kappa shape index (κ1) is 32.0. The zero-order valence-electron chi connectivity index (χ0n) is 21.6. The van der Waals surface area contributed by atoms with Crippen LogP contribution in [0.1, 0.15) is 32.8 Å². The Kier molecular flexibility index (Phi) is 9.22. The van der Waals surface area contributed by atoms with Crippen LogP contribution in [0.3, 0.4) is 0 Å². The van der Waals surface area contributed by atoms with E-state index in [-0.39, 0.29) is 56.4 Å². The zero-order chi connectivity index (χ0) is 31.7. The highest BCUT2D eigenvalue weighted by Gasteiger charge is 2.37. The third-order valence-corrected chi connectivity index (χ3v) is 8.22. The number of amides is 2. The first-order valence-corrected chi connectivity index (χ1v) is 14.0. The van der Waals surface area contributed by atoms with E-state index in [0.717, 1.165) is 23.1 Å². The van der Waals surface area contributed by atoms with Gasteiger partial charge in [-0.2, -0.15) is 26.3 Å². The molecular formula is C27H18F6N2O5S3. The van der Waals surface area contributed by atoms with Crippen LogP contribution in [0.25, 0.3) is 17.2 Å². The average molecular weight is 661 g/mol. The minimum Gasteiger partial charge on any atom is -0.496 e. The number of methoxy groups -OCH3 is 1. The molecule has 0 unspecified atom stereocenters. The molecule has 1 aromatic heterocycles. The lowest BCUT2D eigenvalue weighted by molar-refractivity contribution is -0.143. The van der Waals surface area contributed by atoms with Gasteiger partial charge in [-0.3, -0.25) is 14.5 Å². The quantitative estimate of drug-likeness (QED) is 0.148. The summed E-state index contributed by atoms with van der Waals surface area (Å²) < 4.78 is 84.7. The van der Waals surface area contributed by atoms with Crippen molar-refractivity contribution in [3.63, 3.8) is 0 Å². The highest BCUT2D eigenvalue weighted by Crippen LogP contribution is 2.40. The predicted octanol–water partition coefficient (Wildman–Crippen LogP) is 7.39. The largest absolute Gasteiger partial charge is 0.496 e. The van der Waals surface area contributed by atoms with Crippen molar-refractivity contribution in [2.75, 3.05) is 19.0 Å². The molecular weight excluding hydrogens is 642 g/mol. The Morgan fingerprint density at radius 1 is 1.02 bits per heavy atom. The summed E-state index contributed by atoms with van der Waals surface area (Å²) in [6, 6.07) is 6.65. The summed E-state index contributed by atoms with van der Waals surface area (Å²) >= 11 is 7.20. The summed E-state index contributed by atoms with van der Waals surface area (Å²) in [5.74, 6) is -2.19. The summed E-state index contributed by atoms with van der Waals surface area (Å²) in [4.78, 5) is 38.4. The second-order valence-corrected chi connectivity index (χ2v) is 11.5. The lowest BCUT2D eigenvalue weighted by Crippen LogP contribution is -2.31. The molecule has 2 aromatic carbocycles. The van der Waals surface area contributed by atoms with Crippen LogP contribution in [0.5, 0.6) is 5.75 Å². The van der Waals surface area contributed by atoms with Gasteiger partial charge in [0, 0.05) is 29.6 Å². The third-order valence-electron chi connectivity index (χ3n) is 5.97. The number of thiocarbonyl (C=S) groups is 1. The van der Waals surface area contributed by atoms with Crippen molar-refractivity contribution in [1.82, 2.24) is 4.90 Å². The molecule has 0 spiro atoms.